The first-order valence-corrected chi connectivity index (χ1v) is 6.59. The van der Waals surface area contributed by atoms with E-state index in [0.717, 1.165) is 5.69 Å². The summed E-state index contributed by atoms with van der Waals surface area (Å²) in [5, 5.41) is 5.00. The Morgan fingerprint density at radius 3 is 2.94 bits per heavy atom. The zero-order valence-electron chi connectivity index (χ0n) is 9.67. The van der Waals surface area contributed by atoms with E-state index in [4.69, 9.17) is 5.73 Å². The molecule has 1 aromatic heterocycles. The monoisotopic (exact) mass is 259 g/mol. The number of amides is 2. The van der Waals surface area contributed by atoms with E-state index in [0.29, 0.717) is 12.2 Å². The molecule has 1 unspecified atom stereocenters. The van der Waals surface area contributed by atoms with Crippen LogP contribution in [0.15, 0.2) is 41.8 Å². The molecule has 92 valence electrons. The molecule has 18 heavy (non-hydrogen) atoms. The lowest BCUT2D eigenvalue weighted by Gasteiger charge is -2.14. The van der Waals surface area contributed by atoms with Crippen LogP contribution in [0.5, 0.6) is 0 Å². The van der Waals surface area contributed by atoms with Crippen LogP contribution in [-0.2, 0) is 0 Å². The average molecular weight is 259 g/mol. The van der Waals surface area contributed by atoms with Gasteiger partial charge in [-0.3, -0.25) is 4.90 Å². The van der Waals surface area contributed by atoms with Gasteiger partial charge in [-0.05, 0) is 29.6 Å². The summed E-state index contributed by atoms with van der Waals surface area (Å²) in [5.74, 6) is 0. The van der Waals surface area contributed by atoms with Crippen LogP contribution >= 0.6 is 11.3 Å². The molecule has 0 aliphatic carbocycles. The van der Waals surface area contributed by atoms with Gasteiger partial charge in [-0.25, -0.2) is 4.79 Å². The molecule has 3 N–H and O–H groups in total. The van der Waals surface area contributed by atoms with Gasteiger partial charge in [-0.1, -0.05) is 12.1 Å². The molecule has 1 atom stereocenters. The number of benzene rings is 1. The Labute approximate surface area is 109 Å². The zero-order chi connectivity index (χ0) is 12.5. The molecular formula is C13H13N3OS. The molecule has 0 saturated carbocycles. The lowest BCUT2D eigenvalue weighted by Crippen LogP contribution is -2.27. The summed E-state index contributed by atoms with van der Waals surface area (Å²) in [6, 6.07) is 11.4. The summed E-state index contributed by atoms with van der Waals surface area (Å²) in [4.78, 5) is 14.9. The standard InChI is InChI=1S/C13H13N3OS/c14-9-3-1-4-10(7-9)16-8-11(15-13(16)17)12-5-2-6-18-12/h1-7,11H,8,14H2,(H,15,17). The van der Waals surface area contributed by atoms with E-state index in [1.54, 1.807) is 16.2 Å². The van der Waals surface area contributed by atoms with Crippen LogP contribution in [0.2, 0.25) is 0 Å². The number of carbonyl (C=O) groups is 1. The maximum Gasteiger partial charge on any atom is 0.322 e. The summed E-state index contributed by atoms with van der Waals surface area (Å²) in [5.41, 5.74) is 7.25. The van der Waals surface area contributed by atoms with E-state index in [1.165, 1.54) is 4.88 Å². The number of anilines is 2. The van der Waals surface area contributed by atoms with Crippen molar-refractivity contribution in [2.75, 3.05) is 17.2 Å². The maximum atomic E-state index is 12.0. The van der Waals surface area contributed by atoms with E-state index in [9.17, 15) is 4.79 Å². The predicted octanol–water partition coefficient (Wildman–Crippen LogP) is 2.60. The number of rotatable bonds is 2. The summed E-state index contributed by atoms with van der Waals surface area (Å²) in [6.07, 6.45) is 0. The van der Waals surface area contributed by atoms with Gasteiger partial charge >= 0.3 is 6.03 Å². The molecule has 4 nitrogen and oxygen atoms in total. The van der Waals surface area contributed by atoms with E-state index < -0.39 is 0 Å². The molecule has 1 aliphatic heterocycles. The Balaban J connectivity index is 1.85. The van der Waals surface area contributed by atoms with Gasteiger partial charge in [0.1, 0.15) is 0 Å². The van der Waals surface area contributed by atoms with Crippen LogP contribution in [0.4, 0.5) is 16.2 Å². The minimum absolute atomic E-state index is 0.0685. The van der Waals surface area contributed by atoms with Gasteiger partial charge < -0.3 is 11.1 Å². The van der Waals surface area contributed by atoms with E-state index in [-0.39, 0.29) is 12.1 Å². The van der Waals surface area contributed by atoms with Crippen molar-refractivity contribution in [3.05, 3.63) is 46.7 Å². The summed E-state index contributed by atoms with van der Waals surface area (Å²) >= 11 is 1.66. The van der Waals surface area contributed by atoms with Crippen molar-refractivity contribution in [3.8, 4) is 0 Å². The van der Waals surface area contributed by atoms with E-state index in [2.05, 4.69) is 5.32 Å². The Bertz CT molecular complexity index is 567. The number of nitrogen functional groups attached to an aromatic ring is 1. The van der Waals surface area contributed by atoms with Gasteiger partial charge in [0.25, 0.3) is 0 Å². The Hall–Kier alpha value is -2.01. The number of nitrogens with two attached hydrogens (primary N) is 1. The third-order valence-electron chi connectivity index (χ3n) is 2.98. The molecule has 1 aliphatic rings. The van der Waals surface area contributed by atoms with E-state index in [1.807, 2.05) is 41.8 Å². The fourth-order valence-corrected chi connectivity index (χ4v) is 2.87. The smallest absolute Gasteiger partial charge is 0.322 e. The van der Waals surface area contributed by atoms with Crippen molar-refractivity contribution in [1.29, 1.82) is 0 Å². The maximum absolute atomic E-state index is 12.0. The number of nitrogens with zero attached hydrogens (tertiary/aromatic N) is 1. The molecule has 1 fully saturated rings. The first-order chi connectivity index (χ1) is 8.74. The molecule has 0 bridgehead atoms. The Kier molecular flexibility index (Phi) is 2.68. The lowest BCUT2D eigenvalue weighted by molar-refractivity contribution is 0.251. The molecule has 0 radical (unpaired) electrons. The third-order valence-corrected chi connectivity index (χ3v) is 3.96. The highest BCUT2D eigenvalue weighted by molar-refractivity contribution is 7.10. The highest BCUT2D eigenvalue weighted by Crippen LogP contribution is 2.28. The highest BCUT2D eigenvalue weighted by atomic mass is 32.1. The third kappa shape index (κ3) is 1.93. The van der Waals surface area contributed by atoms with Crippen LogP contribution in [0.1, 0.15) is 10.9 Å². The number of thiophene rings is 1. The van der Waals surface area contributed by atoms with Gasteiger partial charge in [-0.15, -0.1) is 11.3 Å². The van der Waals surface area contributed by atoms with Gasteiger partial charge in [0, 0.05) is 16.3 Å². The topological polar surface area (TPSA) is 58.4 Å². The Morgan fingerprint density at radius 2 is 2.22 bits per heavy atom. The van der Waals surface area contributed by atoms with Crippen LogP contribution in [0, 0.1) is 0 Å². The number of hydrogen-bond donors (Lipinski definition) is 2. The summed E-state index contributed by atoms with van der Waals surface area (Å²) in [7, 11) is 0. The number of carbonyl (C=O) groups excluding carboxylic acids is 1. The largest absolute Gasteiger partial charge is 0.399 e. The fraction of sp³-hybridized carbons (Fsp3) is 0.154. The second-order valence-corrected chi connectivity index (χ2v) is 5.20. The number of hydrogen-bond acceptors (Lipinski definition) is 3. The van der Waals surface area contributed by atoms with Crippen LogP contribution in [0.3, 0.4) is 0 Å². The van der Waals surface area contributed by atoms with Crippen LogP contribution in [0.25, 0.3) is 0 Å². The first kappa shape index (κ1) is 11.1. The predicted molar refractivity (Wildman–Crippen MR) is 73.8 cm³/mol. The van der Waals surface area contributed by atoms with Gasteiger partial charge in [0.2, 0.25) is 0 Å². The minimum atomic E-state index is -0.0704. The molecular weight excluding hydrogens is 246 g/mol. The first-order valence-electron chi connectivity index (χ1n) is 5.71. The van der Waals surface area contributed by atoms with E-state index >= 15 is 0 Å². The van der Waals surface area contributed by atoms with Crippen molar-refractivity contribution < 1.29 is 4.79 Å². The van der Waals surface area contributed by atoms with Crippen molar-refractivity contribution in [3.63, 3.8) is 0 Å². The molecule has 5 heteroatoms. The van der Waals surface area contributed by atoms with Gasteiger partial charge in [0.15, 0.2) is 0 Å². The number of nitrogens with one attached hydrogen (secondary N) is 1. The van der Waals surface area contributed by atoms with Gasteiger partial charge in [0.05, 0.1) is 12.6 Å². The van der Waals surface area contributed by atoms with Gasteiger partial charge in [-0.2, -0.15) is 0 Å². The summed E-state index contributed by atoms with van der Waals surface area (Å²) in [6.45, 7) is 0.642. The molecule has 1 saturated heterocycles. The van der Waals surface area contributed by atoms with Crippen LogP contribution < -0.4 is 16.0 Å². The minimum Gasteiger partial charge on any atom is -0.399 e. The molecule has 2 aromatic rings. The second-order valence-electron chi connectivity index (χ2n) is 4.22. The normalized spacial score (nSPS) is 19.0. The quantitative estimate of drug-likeness (QED) is 0.814. The zero-order valence-corrected chi connectivity index (χ0v) is 10.5. The molecule has 2 amide bonds. The Morgan fingerprint density at radius 1 is 1.33 bits per heavy atom. The van der Waals surface area contributed by atoms with Crippen LogP contribution in [-0.4, -0.2) is 12.6 Å². The van der Waals surface area contributed by atoms with Crippen molar-refractivity contribution in [2.45, 2.75) is 6.04 Å². The fourth-order valence-electron chi connectivity index (χ4n) is 2.10. The second kappa shape index (κ2) is 4.34. The van der Waals surface area contributed by atoms with Crippen molar-refractivity contribution >= 4 is 28.7 Å². The highest BCUT2D eigenvalue weighted by Gasteiger charge is 2.31. The summed E-state index contributed by atoms with van der Waals surface area (Å²) < 4.78 is 0. The molecule has 3 rings (SSSR count). The molecule has 1 aromatic carbocycles. The number of urea groups is 1. The lowest BCUT2D eigenvalue weighted by atomic mass is 10.2. The molecule has 2 heterocycles. The van der Waals surface area contributed by atoms with Crippen molar-refractivity contribution in [1.82, 2.24) is 5.32 Å². The molecule has 0 spiro atoms. The SMILES string of the molecule is Nc1cccc(N2CC(c3cccs3)NC2=O)c1. The van der Waals surface area contributed by atoms with Crippen molar-refractivity contribution in [2.24, 2.45) is 0 Å². The average Bonchev–Trinajstić information content (AvgIpc) is 2.97.